The Hall–Kier alpha value is -0.120. The summed E-state index contributed by atoms with van der Waals surface area (Å²) in [4.78, 5) is 5.89. The lowest BCUT2D eigenvalue weighted by Crippen LogP contribution is -2.22. The van der Waals surface area contributed by atoms with Crippen molar-refractivity contribution in [2.45, 2.75) is 19.9 Å². The number of halogens is 1. The van der Waals surface area contributed by atoms with Crippen LogP contribution in [0.5, 0.6) is 0 Å². The molecule has 0 aromatic carbocycles. The number of hydrogen-bond donors (Lipinski definition) is 1. The first-order chi connectivity index (χ1) is 4.86. The molecular formula is C7H11ClN2S. The van der Waals surface area contributed by atoms with E-state index in [0.29, 0.717) is 0 Å². The quantitative estimate of drug-likeness (QED) is 0.671. The van der Waals surface area contributed by atoms with Gasteiger partial charge in [-0.3, -0.25) is 0 Å². The van der Waals surface area contributed by atoms with Gasteiger partial charge in [-0.1, -0.05) is 0 Å². The van der Waals surface area contributed by atoms with Crippen LogP contribution in [0.4, 0.5) is 0 Å². The van der Waals surface area contributed by atoms with Crippen LogP contribution < -0.4 is 5.32 Å². The van der Waals surface area contributed by atoms with E-state index in [1.165, 1.54) is 22.0 Å². The summed E-state index contributed by atoms with van der Waals surface area (Å²) in [5, 5.41) is 4.50. The van der Waals surface area contributed by atoms with Crippen molar-refractivity contribution in [3.8, 4) is 0 Å². The predicted molar refractivity (Wildman–Crippen MR) is 49.5 cm³/mol. The molecule has 1 aromatic rings. The average molecular weight is 191 g/mol. The van der Waals surface area contributed by atoms with E-state index >= 15 is 0 Å². The second kappa shape index (κ2) is 3.52. The molecule has 1 N–H and O–H groups in total. The Morgan fingerprint density at radius 2 is 2.36 bits per heavy atom. The molecule has 0 saturated carbocycles. The van der Waals surface area contributed by atoms with Crippen LogP contribution in [0.25, 0.3) is 0 Å². The number of nitrogens with zero attached hydrogens (tertiary/aromatic N) is 1. The minimum Gasteiger partial charge on any atom is -0.311 e. The summed E-state index contributed by atoms with van der Waals surface area (Å²) in [6.45, 7) is 4.16. The Morgan fingerprint density at radius 3 is 3.09 bits per heavy atom. The zero-order chi connectivity index (χ0) is 6.97. The van der Waals surface area contributed by atoms with Crippen molar-refractivity contribution < 1.29 is 0 Å². The number of thiazole rings is 1. The highest BCUT2D eigenvalue weighted by Gasteiger charge is 2.11. The van der Waals surface area contributed by atoms with Crippen molar-refractivity contribution >= 4 is 23.7 Å². The smallest absolute Gasteiger partial charge is 0.0900 e. The Kier molecular flexibility index (Phi) is 2.87. The molecule has 1 aliphatic heterocycles. The molecule has 0 fully saturated rings. The van der Waals surface area contributed by atoms with Gasteiger partial charge in [-0.2, -0.15) is 0 Å². The lowest BCUT2D eigenvalue weighted by atomic mass is 10.2. The van der Waals surface area contributed by atoms with Gasteiger partial charge in [0.25, 0.3) is 0 Å². The molecule has 2 rings (SSSR count). The standard InChI is InChI=1S/C7H10N2S.ClH/c1-5-9-6-4-8-3-2-7(6)10-5;/h8H,2-4H2,1H3;1H. The number of aromatic nitrogens is 1. The van der Waals surface area contributed by atoms with Gasteiger partial charge in [-0.05, 0) is 13.3 Å². The van der Waals surface area contributed by atoms with Crippen molar-refractivity contribution in [1.29, 1.82) is 0 Å². The Labute approximate surface area is 76.4 Å². The third-order valence-electron chi connectivity index (χ3n) is 1.71. The van der Waals surface area contributed by atoms with Gasteiger partial charge >= 0.3 is 0 Å². The van der Waals surface area contributed by atoms with Crippen molar-refractivity contribution in [1.82, 2.24) is 10.3 Å². The molecule has 0 saturated heterocycles. The summed E-state index contributed by atoms with van der Waals surface area (Å²) >= 11 is 1.84. The first-order valence-electron chi connectivity index (χ1n) is 3.52. The van der Waals surface area contributed by atoms with Crippen molar-refractivity contribution in [3.05, 3.63) is 15.6 Å². The Balaban J connectivity index is 0.000000605. The number of hydrogen-bond acceptors (Lipinski definition) is 3. The first kappa shape index (κ1) is 8.97. The molecule has 2 heterocycles. The van der Waals surface area contributed by atoms with E-state index in [2.05, 4.69) is 17.2 Å². The fourth-order valence-corrected chi connectivity index (χ4v) is 2.21. The molecule has 0 unspecified atom stereocenters. The van der Waals surface area contributed by atoms with E-state index in [1.807, 2.05) is 11.3 Å². The largest absolute Gasteiger partial charge is 0.311 e. The highest BCUT2D eigenvalue weighted by atomic mass is 35.5. The summed E-state index contributed by atoms with van der Waals surface area (Å²) in [6, 6.07) is 0. The van der Waals surface area contributed by atoms with Crippen LogP contribution in [0, 0.1) is 6.92 Å². The normalized spacial score (nSPS) is 15.4. The van der Waals surface area contributed by atoms with E-state index in [9.17, 15) is 0 Å². The lowest BCUT2D eigenvalue weighted by molar-refractivity contribution is 0.638. The van der Waals surface area contributed by atoms with E-state index in [-0.39, 0.29) is 12.4 Å². The maximum atomic E-state index is 4.41. The number of nitrogens with one attached hydrogen (secondary N) is 1. The molecule has 62 valence electrons. The predicted octanol–water partition coefficient (Wildman–Crippen LogP) is 1.52. The second-order valence-corrected chi connectivity index (χ2v) is 3.82. The fraction of sp³-hybridized carbons (Fsp3) is 0.571. The van der Waals surface area contributed by atoms with E-state index in [4.69, 9.17) is 0 Å². The molecule has 0 bridgehead atoms. The van der Waals surface area contributed by atoms with Crippen LogP contribution in [0.1, 0.15) is 15.6 Å². The number of aryl methyl sites for hydroxylation is 1. The van der Waals surface area contributed by atoms with Gasteiger partial charge in [-0.25, -0.2) is 4.98 Å². The number of fused-ring (bicyclic) bond motifs is 1. The summed E-state index contributed by atoms with van der Waals surface area (Å²) < 4.78 is 0. The molecule has 4 heteroatoms. The van der Waals surface area contributed by atoms with Crippen LogP contribution in [-0.2, 0) is 13.0 Å². The topological polar surface area (TPSA) is 24.9 Å². The molecule has 0 aliphatic carbocycles. The van der Waals surface area contributed by atoms with Gasteiger partial charge < -0.3 is 5.32 Å². The second-order valence-electron chi connectivity index (χ2n) is 2.53. The molecule has 0 radical (unpaired) electrons. The zero-order valence-electron chi connectivity index (χ0n) is 6.39. The van der Waals surface area contributed by atoms with Crippen LogP contribution in [0.3, 0.4) is 0 Å². The van der Waals surface area contributed by atoms with Crippen LogP contribution in [0.2, 0.25) is 0 Å². The highest BCUT2D eigenvalue weighted by molar-refractivity contribution is 7.11. The summed E-state index contributed by atoms with van der Waals surface area (Å²) in [5.41, 5.74) is 1.27. The summed E-state index contributed by atoms with van der Waals surface area (Å²) in [5.74, 6) is 0. The van der Waals surface area contributed by atoms with Crippen LogP contribution >= 0.6 is 23.7 Å². The van der Waals surface area contributed by atoms with Gasteiger partial charge in [-0.15, -0.1) is 23.7 Å². The molecule has 1 aliphatic rings. The van der Waals surface area contributed by atoms with Gasteiger partial charge in [0, 0.05) is 18.0 Å². The fourth-order valence-electron chi connectivity index (χ4n) is 1.25. The molecule has 0 amide bonds. The molecular weight excluding hydrogens is 180 g/mol. The summed E-state index contributed by atoms with van der Waals surface area (Å²) in [6.07, 6.45) is 1.17. The molecule has 0 spiro atoms. The monoisotopic (exact) mass is 190 g/mol. The van der Waals surface area contributed by atoms with Crippen LogP contribution in [-0.4, -0.2) is 11.5 Å². The van der Waals surface area contributed by atoms with Crippen molar-refractivity contribution in [2.75, 3.05) is 6.54 Å². The highest BCUT2D eigenvalue weighted by Crippen LogP contribution is 2.20. The molecule has 1 aromatic heterocycles. The van der Waals surface area contributed by atoms with Crippen molar-refractivity contribution in [2.24, 2.45) is 0 Å². The van der Waals surface area contributed by atoms with Gasteiger partial charge in [0.1, 0.15) is 0 Å². The molecule has 2 nitrogen and oxygen atoms in total. The molecule has 0 atom stereocenters. The van der Waals surface area contributed by atoms with E-state index in [0.717, 1.165) is 13.1 Å². The SMILES string of the molecule is Cc1nc2c(s1)CCNC2.Cl. The Bertz CT molecular complexity index is 223. The lowest BCUT2D eigenvalue weighted by Gasteiger charge is -2.09. The third kappa shape index (κ3) is 1.72. The first-order valence-corrected chi connectivity index (χ1v) is 4.34. The van der Waals surface area contributed by atoms with Gasteiger partial charge in [0.2, 0.25) is 0 Å². The van der Waals surface area contributed by atoms with Gasteiger partial charge in [0.15, 0.2) is 0 Å². The minimum absolute atomic E-state index is 0. The Morgan fingerprint density at radius 1 is 1.55 bits per heavy atom. The summed E-state index contributed by atoms with van der Waals surface area (Å²) in [7, 11) is 0. The maximum absolute atomic E-state index is 4.41. The number of rotatable bonds is 0. The van der Waals surface area contributed by atoms with E-state index in [1.54, 1.807) is 0 Å². The average Bonchev–Trinajstić information content (AvgIpc) is 2.27. The minimum atomic E-state index is 0. The van der Waals surface area contributed by atoms with Crippen molar-refractivity contribution in [3.63, 3.8) is 0 Å². The van der Waals surface area contributed by atoms with E-state index < -0.39 is 0 Å². The maximum Gasteiger partial charge on any atom is 0.0900 e. The third-order valence-corrected chi connectivity index (χ3v) is 2.78. The van der Waals surface area contributed by atoms with Crippen LogP contribution in [0.15, 0.2) is 0 Å². The molecule has 11 heavy (non-hydrogen) atoms. The van der Waals surface area contributed by atoms with Gasteiger partial charge in [0.05, 0.1) is 10.7 Å². The zero-order valence-corrected chi connectivity index (χ0v) is 8.02.